The summed E-state index contributed by atoms with van der Waals surface area (Å²) in [5.41, 5.74) is 2.28. The Morgan fingerprint density at radius 2 is 1.83 bits per heavy atom. The highest BCUT2D eigenvalue weighted by Crippen LogP contribution is 2.24. The van der Waals surface area contributed by atoms with E-state index < -0.39 is 0 Å². The number of para-hydroxylation sites is 1. The maximum absolute atomic E-state index is 13.1. The summed E-state index contributed by atoms with van der Waals surface area (Å²) < 4.78 is 7.30. The summed E-state index contributed by atoms with van der Waals surface area (Å²) in [5.74, 6) is 0.796. The molecule has 1 N–H and O–H groups in total. The molecule has 2 aliphatic rings. The minimum Gasteiger partial charge on any atom is -0.496 e. The molecular formula is C22H28N4O3. The topological polar surface area (TPSA) is 76.5 Å². The van der Waals surface area contributed by atoms with Crippen LogP contribution in [0.25, 0.3) is 0 Å². The number of hydrogen-bond acceptors (Lipinski definition) is 4. The van der Waals surface area contributed by atoms with Crippen LogP contribution in [0.1, 0.15) is 64.5 Å². The highest BCUT2D eigenvalue weighted by atomic mass is 16.5. The summed E-state index contributed by atoms with van der Waals surface area (Å²) >= 11 is 0. The lowest BCUT2D eigenvalue weighted by Gasteiger charge is -2.26. The fourth-order valence-corrected chi connectivity index (χ4v) is 4.24. The van der Waals surface area contributed by atoms with E-state index in [1.165, 1.54) is 6.42 Å². The summed E-state index contributed by atoms with van der Waals surface area (Å²) in [6, 6.07) is 7.60. The molecule has 0 atom stereocenters. The average Bonchev–Trinajstić information content (AvgIpc) is 3.17. The third-order valence-corrected chi connectivity index (χ3v) is 5.80. The molecule has 0 radical (unpaired) electrons. The summed E-state index contributed by atoms with van der Waals surface area (Å²) in [4.78, 5) is 32.5. The number of likely N-dealkylation sites (tertiary alicyclic amines) is 1. The number of aromatic nitrogens is 2. The van der Waals surface area contributed by atoms with Crippen molar-refractivity contribution in [3.63, 3.8) is 0 Å². The first-order valence-corrected chi connectivity index (χ1v) is 10.5. The van der Waals surface area contributed by atoms with Gasteiger partial charge in [0.15, 0.2) is 5.82 Å². The lowest BCUT2D eigenvalue weighted by atomic mass is 10.1. The van der Waals surface area contributed by atoms with E-state index in [1.54, 1.807) is 7.11 Å². The Balaban J connectivity index is 1.56. The lowest BCUT2D eigenvalue weighted by Crippen LogP contribution is -2.36. The molecule has 2 amide bonds. The Kier molecular flexibility index (Phi) is 5.83. The summed E-state index contributed by atoms with van der Waals surface area (Å²) in [7, 11) is 1.62. The van der Waals surface area contributed by atoms with Crippen molar-refractivity contribution in [2.24, 2.45) is 0 Å². The van der Waals surface area contributed by atoms with Crippen molar-refractivity contribution in [2.45, 2.75) is 51.6 Å². The number of ether oxygens (including phenoxy) is 1. The number of fused-ring (bicyclic) bond motifs is 1. The lowest BCUT2D eigenvalue weighted by molar-refractivity contribution is 0.0717. The molecule has 2 aromatic rings. The SMILES string of the molecule is COc1ccccc1CNC(=O)c1nc(C(=O)N2CCCCC2)c2n1CCCC2. The second kappa shape index (κ2) is 8.68. The number of carbonyl (C=O) groups is 2. The maximum atomic E-state index is 13.1. The fraction of sp³-hybridized carbons (Fsp3) is 0.500. The van der Waals surface area contributed by atoms with Crippen molar-refractivity contribution in [2.75, 3.05) is 20.2 Å². The Bertz CT molecular complexity index is 899. The third kappa shape index (κ3) is 3.99. The molecule has 0 saturated carbocycles. The Hall–Kier alpha value is -2.83. The standard InChI is InChI=1S/C22H28N4O3/c1-29-18-11-4-3-9-16(18)15-23-21(27)20-24-19(17-10-5-8-14-26(17)20)22(28)25-12-6-2-7-13-25/h3-4,9,11H,2,5-8,10,12-15H2,1H3,(H,23,27). The van der Waals surface area contributed by atoms with Gasteiger partial charge in [0.1, 0.15) is 11.4 Å². The highest BCUT2D eigenvalue weighted by molar-refractivity contribution is 5.97. The van der Waals surface area contributed by atoms with Crippen molar-refractivity contribution in [3.05, 3.63) is 47.0 Å². The number of hydrogen-bond donors (Lipinski definition) is 1. The predicted molar refractivity (Wildman–Crippen MR) is 109 cm³/mol. The van der Waals surface area contributed by atoms with Crippen molar-refractivity contribution in [1.82, 2.24) is 19.8 Å². The quantitative estimate of drug-likeness (QED) is 0.843. The zero-order valence-electron chi connectivity index (χ0n) is 16.9. The summed E-state index contributed by atoms with van der Waals surface area (Å²) in [5, 5.41) is 2.94. The van der Waals surface area contributed by atoms with E-state index in [4.69, 9.17) is 4.74 Å². The normalized spacial score (nSPS) is 16.2. The van der Waals surface area contributed by atoms with E-state index in [9.17, 15) is 9.59 Å². The minimum atomic E-state index is -0.253. The van der Waals surface area contributed by atoms with Gasteiger partial charge in [0.25, 0.3) is 11.8 Å². The second-order valence-corrected chi connectivity index (χ2v) is 7.69. The summed E-state index contributed by atoms with van der Waals surface area (Å²) in [6.45, 7) is 2.63. The van der Waals surface area contributed by atoms with Gasteiger partial charge in [0, 0.05) is 31.7 Å². The van der Waals surface area contributed by atoms with Crippen molar-refractivity contribution in [1.29, 1.82) is 0 Å². The monoisotopic (exact) mass is 396 g/mol. The van der Waals surface area contributed by atoms with Crippen molar-refractivity contribution >= 4 is 11.8 Å². The largest absolute Gasteiger partial charge is 0.496 e. The van der Waals surface area contributed by atoms with Gasteiger partial charge in [0.2, 0.25) is 0 Å². The zero-order valence-corrected chi connectivity index (χ0v) is 16.9. The van der Waals surface area contributed by atoms with Crippen LogP contribution < -0.4 is 10.1 Å². The van der Waals surface area contributed by atoms with E-state index in [1.807, 2.05) is 33.7 Å². The number of carbonyl (C=O) groups excluding carboxylic acids is 2. The van der Waals surface area contributed by atoms with Gasteiger partial charge >= 0.3 is 0 Å². The van der Waals surface area contributed by atoms with Crippen LogP contribution >= 0.6 is 0 Å². The summed E-state index contributed by atoms with van der Waals surface area (Å²) in [6.07, 6.45) is 6.05. The van der Waals surface area contributed by atoms with Gasteiger partial charge in [-0.25, -0.2) is 4.98 Å². The minimum absolute atomic E-state index is 0.0286. The first kappa shape index (κ1) is 19.5. The Morgan fingerprint density at radius 3 is 2.62 bits per heavy atom. The Labute approximate surface area is 171 Å². The number of imidazole rings is 1. The van der Waals surface area contributed by atoms with Gasteiger partial charge in [0.05, 0.1) is 12.8 Å². The molecule has 1 saturated heterocycles. The average molecular weight is 396 g/mol. The van der Waals surface area contributed by atoms with Crippen LogP contribution in [0.3, 0.4) is 0 Å². The van der Waals surface area contributed by atoms with Gasteiger partial charge in [-0.15, -0.1) is 0 Å². The van der Waals surface area contributed by atoms with E-state index in [0.29, 0.717) is 18.1 Å². The van der Waals surface area contributed by atoms with Crippen LogP contribution in [-0.2, 0) is 19.5 Å². The van der Waals surface area contributed by atoms with Crippen LogP contribution in [0.4, 0.5) is 0 Å². The molecule has 1 fully saturated rings. The molecule has 0 spiro atoms. The zero-order chi connectivity index (χ0) is 20.2. The van der Waals surface area contributed by atoms with Crippen LogP contribution in [-0.4, -0.2) is 46.5 Å². The molecular weight excluding hydrogens is 368 g/mol. The van der Waals surface area contributed by atoms with Crippen molar-refractivity contribution < 1.29 is 14.3 Å². The first-order chi connectivity index (χ1) is 14.2. The molecule has 0 aliphatic carbocycles. The molecule has 0 bridgehead atoms. The Morgan fingerprint density at radius 1 is 1.07 bits per heavy atom. The van der Waals surface area contributed by atoms with Gasteiger partial charge < -0.3 is 19.5 Å². The van der Waals surface area contributed by atoms with E-state index >= 15 is 0 Å². The third-order valence-electron chi connectivity index (χ3n) is 5.80. The van der Waals surface area contributed by atoms with Gasteiger partial charge in [-0.1, -0.05) is 18.2 Å². The number of nitrogens with one attached hydrogen (secondary N) is 1. The smallest absolute Gasteiger partial charge is 0.287 e. The molecule has 1 aromatic carbocycles. The maximum Gasteiger partial charge on any atom is 0.287 e. The van der Waals surface area contributed by atoms with Crippen LogP contribution in [0.15, 0.2) is 24.3 Å². The van der Waals surface area contributed by atoms with Gasteiger partial charge in [-0.3, -0.25) is 9.59 Å². The van der Waals surface area contributed by atoms with E-state index in [2.05, 4.69) is 10.3 Å². The highest BCUT2D eigenvalue weighted by Gasteiger charge is 2.30. The van der Waals surface area contributed by atoms with Gasteiger partial charge in [-0.05, 0) is 44.6 Å². The molecule has 7 heteroatoms. The predicted octanol–water partition coefficient (Wildman–Crippen LogP) is 2.78. The molecule has 29 heavy (non-hydrogen) atoms. The van der Waals surface area contributed by atoms with Crippen LogP contribution in [0, 0.1) is 0 Å². The molecule has 3 heterocycles. The fourth-order valence-electron chi connectivity index (χ4n) is 4.24. The number of methoxy groups -OCH3 is 1. The number of piperidine rings is 1. The molecule has 7 nitrogen and oxygen atoms in total. The second-order valence-electron chi connectivity index (χ2n) is 7.69. The van der Waals surface area contributed by atoms with E-state index in [-0.39, 0.29) is 11.8 Å². The van der Waals surface area contributed by atoms with Gasteiger partial charge in [-0.2, -0.15) is 0 Å². The first-order valence-electron chi connectivity index (χ1n) is 10.5. The molecule has 0 unspecified atom stereocenters. The number of amides is 2. The molecule has 1 aromatic heterocycles. The molecule has 4 rings (SSSR count). The van der Waals surface area contributed by atoms with Crippen molar-refractivity contribution in [3.8, 4) is 5.75 Å². The van der Waals surface area contributed by atoms with Crippen LogP contribution in [0.5, 0.6) is 5.75 Å². The van der Waals surface area contributed by atoms with Crippen LogP contribution in [0.2, 0.25) is 0 Å². The molecule has 154 valence electrons. The number of benzene rings is 1. The number of nitrogens with zero attached hydrogens (tertiary/aromatic N) is 3. The van der Waals surface area contributed by atoms with E-state index in [0.717, 1.165) is 68.7 Å². The molecule has 2 aliphatic heterocycles. The number of rotatable bonds is 5.